The second-order valence-corrected chi connectivity index (χ2v) is 6.64. The topological polar surface area (TPSA) is 76.0 Å². The van der Waals surface area contributed by atoms with Gasteiger partial charge in [0, 0.05) is 5.39 Å². The highest BCUT2D eigenvalue weighted by molar-refractivity contribution is 6.05. The van der Waals surface area contributed by atoms with Gasteiger partial charge in [-0.2, -0.15) is 5.10 Å². The van der Waals surface area contributed by atoms with Gasteiger partial charge >= 0.3 is 0 Å². The van der Waals surface area contributed by atoms with E-state index in [0.717, 1.165) is 22.4 Å². The van der Waals surface area contributed by atoms with Crippen LogP contribution in [0.15, 0.2) is 71.5 Å². The quantitative estimate of drug-likeness (QED) is 0.379. The average molecular weight is 424 g/mol. The molecule has 0 unspecified atom stereocenters. The number of halogens is 3. The van der Waals surface area contributed by atoms with Gasteiger partial charge in [0.15, 0.2) is 23.1 Å². The number of hydrazine groups is 1. The van der Waals surface area contributed by atoms with Crippen molar-refractivity contribution in [3.05, 3.63) is 106 Å². The molecule has 4 rings (SSSR count). The first-order valence-electron chi connectivity index (χ1n) is 9.19. The molecular weight excluding hydrogens is 409 g/mol. The Morgan fingerprint density at radius 3 is 2.29 bits per heavy atom. The van der Waals surface area contributed by atoms with Crippen molar-refractivity contribution in [3.63, 3.8) is 0 Å². The van der Waals surface area contributed by atoms with Crippen molar-refractivity contribution in [3.8, 4) is 0 Å². The van der Waals surface area contributed by atoms with E-state index < -0.39 is 29.0 Å². The summed E-state index contributed by atoms with van der Waals surface area (Å²) in [5, 5.41) is 4.76. The lowest BCUT2D eigenvalue weighted by molar-refractivity contribution is 0.0957. The van der Waals surface area contributed by atoms with Crippen molar-refractivity contribution >= 4 is 22.4 Å². The summed E-state index contributed by atoms with van der Waals surface area (Å²) in [5.41, 5.74) is 4.30. The molecule has 0 bridgehead atoms. The van der Waals surface area contributed by atoms with Crippen LogP contribution in [0.1, 0.15) is 16.1 Å². The molecule has 0 fully saturated rings. The van der Waals surface area contributed by atoms with Crippen LogP contribution in [0.25, 0.3) is 10.8 Å². The Morgan fingerprint density at radius 1 is 0.871 bits per heavy atom. The van der Waals surface area contributed by atoms with Crippen LogP contribution < -0.4 is 16.4 Å². The lowest BCUT2D eigenvalue weighted by atomic mass is 10.1. The minimum Gasteiger partial charge on any atom is -0.295 e. The van der Waals surface area contributed by atoms with Crippen LogP contribution >= 0.6 is 0 Å². The number of benzene rings is 3. The highest BCUT2D eigenvalue weighted by Gasteiger charge is 2.18. The zero-order valence-electron chi connectivity index (χ0n) is 15.9. The van der Waals surface area contributed by atoms with Gasteiger partial charge in [-0.3, -0.25) is 20.4 Å². The first kappa shape index (κ1) is 20.1. The van der Waals surface area contributed by atoms with Gasteiger partial charge in [0.05, 0.1) is 17.6 Å². The second-order valence-electron chi connectivity index (χ2n) is 6.64. The van der Waals surface area contributed by atoms with Crippen LogP contribution in [0.2, 0.25) is 0 Å². The van der Waals surface area contributed by atoms with Crippen molar-refractivity contribution in [2.75, 3.05) is 5.43 Å². The minimum absolute atomic E-state index is 0.0957. The normalized spacial score (nSPS) is 10.8. The van der Waals surface area contributed by atoms with Crippen molar-refractivity contribution in [2.24, 2.45) is 0 Å². The van der Waals surface area contributed by atoms with Crippen LogP contribution in [-0.4, -0.2) is 15.7 Å². The summed E-state index contributed by atoms with van der Waals surface area (Å²) in [4.78, 5) is 25.6. The molecule has 1 aromatic heterocycles. The number of aromatic nitrogens is 2. The number of carbonyl (C=O) groups is 1. The fourth-order valence-electron chi connectivity index (χ4n) is 3.07. The van der Waals surface area contributed by atoms with Crippen molar-refractivity contribution < 1.29 is 18.0 Å². The molecule has 2 N–H and O–H groups in total. The molecule has 0 saturated heterocycles. The summed E-state index contributed by atoms with van der Waals surface area (Å²) in [7, 11) is 0. The van der Waals surface area contributed by atoms with Crippen molar-refractivity contribution in [1.82, 2.24) is 15.2 Å². The molecule has 0 atom stereocenters. The van der Waals surface area contributed by atoms with Gasteiger partial charge in [-0.1, -0.05) is 48.5 Å². The van der Waals surface area contributed by atoms with E-state index in [0.29, 0.717) is 5.39 Å². The Hall–Kier alpha value is -4.14. The summed E-state index contributed by atoms with van der Waals surface area (Å²) < 4.78 is 41.5. The molecule has 6 nitrogen and oxygen atoms in total. The predicted octanol–water partition coefficient (Wildman–Crippen LogP) is 3.62. The SMILES string of the molecule is O=C(NNc1ccc(F)c(F)c1F)c1nn(Cc2ccccc2)c(=O)c2ccccc12. The maximum atomic E-state index is 13.8. The highest BCUT2D eigenvalue weighted by atomic mass is 19.2. The van der Waals surface area contributed by atoms with E-state index in [4.69, 9.17) is 0 Å². The molecule has 1 heterocycles. The lowest BCUT2D eigenvalue weighted by Crippen LogP contribution is -2.34. The van der Waals surface area contributed by atoms with Gasteiger partial charge in [0.1, 0.15) is 0 Å². The first-order chi connectivity index (χ1) is 15.0. The average Bonchev–Trinajstić information content (AvgIpc) is 2.79. The zero-order chi connectivity index (χ0) is 22.0. The third kappa shape index (κ3) is 3.97. The van der Waals surface area contributed by atoms with Crippen LogP contribution in [0.5, 0.6) is 0 Å². The lowest BCUT2D eigenvalue weighted by Gasteiger charge is -2.13. The Balaban J connectivity index is 1.69. The molecular formula is C22H15F3N4O2. The molecule has 0 spiro atoms. The number of nitrogens with one attached hydrogen (secondary N) is 2. The number of rotatable bonds is 5. The van der Waals surface area contributed by atoms with Crippen molar-refractivity contribution in [1.29, 1.82) is 0 Å². The smallest absolute Gasteiger partial charge is 0.290 e. The number of hydrogen-bond acceptors (Lipinski definition) is 4. The molecule has 3 aromatic carbocycles. The van der Waals surface area contributed by atoms with E-state index in [2.05, 4.69) is 16.0 Å². The fourth-order valence-corrected chi connectivity index (χ4v) is 3.07. The van der Waals surface area contributed by atoms with Gasteiger partial charge in [-0.25, -0.2) is 17.9 Å². The summed E-state index contributed by atoms with van der Waals surface area (Å²) in [6.07, 6.45) is 0. The maximum absolute atomic E-state index is 13.8. The Morgan fingerprint density at radius 2 is 1.55 bits per heavy atom. The van der Waals surface area contributed by atoms with Crippen LogP contribution in [0.4, 0.5) is 18.9 Å². The molecule has 0 aliphatic heterocycles. The van der Waals surface area contributed by atoms with Gasteiger partial charge in [-0.15, -0.1) is 0 Å². The molecule has 0 saturated carbocycles. The number of anilines is 1. The predicted molar refractivity (Wildman–Crippen MR) is 109 cm³/mol. The summed E-state index contributed by atoms with van der Waals surface area (Å²) >= 11 is 0. The molecule has 31 heavy (non-hydrogen) atoms. The van der Waals surface area contributed by atoms with Crippen LogP contribution in [0, 0.1) is 17.5 Å². The van der Waals surface area contributed by atoms with E-state index in [1.807, 2.05) is 30.3 Å². The monoisotopic (exact) mass is 424 g/mol. The van der Waals surface area contributed by atoms with E-state index in [1.165, 1.54) is 0 Å². The standard InChI is InChI=1S/C22H15F3N4O2/c23-16-10-11-17(19(25)18(16)24)26-27-21(30)20-14-8-4-5-9-15(14)22(31)29(28-20)12-13-6-2-1-3-7-13/h1-11,26H,12H2,(H,27,30). The summed E-state index contributed by atoms with van der Waals surface area (Å²) in [6.45, 7) is 0.135. The van der Waals surface area contributed by atoms with Gasteiger partial charge in [0.25, 0.3) is 11.5 Å². The largest absolute Gasteiger partial charge is 0.295 e. The minimum atomic E-state index is -1.67. The fraction of sp³-hybridized carbons (Fsp3) is 0.0455. The van der Waals surface area contributed by atoms with E-state index in [1.54, 1.807) is 24.3 Å². The summed E-state index contributed by atoms with van der Waals surface area (Å²) in [5.74, 6) is -5.29. The highest BCUT2D eigenvalue weighted by Crippen LogP contribution is 2.19. The van der Waals surface area contributed by atoms with Crippen LogP contribution in [0.3, 0.4) is 0 Å². The third-order valence-corrected chi connectivity index (χ3v) is 4.60. The Bertz CT molecular complexity index is 1340. The molecule has 0 aliphatic rings. The molecule has 156 valence electrons. The molecule has 1 amide bonds. The number of carbonyl (C=O) groups excluding carboxylic acids is 1. The summed E-state index contributed by atoms with van der Waals surface area (Å²) in [6, 6.07) is 17.2. The van der Waals surface area contributed by atoms with E-state index in [-0.39, 0.29) is 23.2 Å². The number of hydrogen-bond donors (Lipinski definition) is 2. The molecule has 9 heteroatoms. The maximum Gasteiger partial charge on any atom is 0.290 e. The zero-order valence-corrected chi connectivity index (χ0v) is 15.9. The van der Waals surface area contributed by atoms with Crippen molar-refractivity contribution in [2.45, 2.75) is 6.54 Å². The number of amides is 1. The second kappa shape index (κ2) is 8.31. The van der Waals surface area contributed by atoms with E-state index >= 15 is 0 Å². The Labute approximate surface area is 173 Å². The number of nitrogens with zero attached hydrogens (tertiary/aromatic N) is 2. The van der Waals surface area contributed by atoms with Gasteiger partial charge in [-0.05, 0) is 23.8 Å². The molecule has 4 aromatic rings. The molecule has 0 radical (unpaired) electrons. The van der Waals surface area contributed by atoms with Gasteiger partial charge < -0.3 is 0 Å². The molecule has 0 aliphatic carbocycles. The first-order valence-corrected chi connectivity index (χ1v) is 9.19. The van der Waals surface area contributed by atoms with Gasteiger partial charge in [0.2, 0.25) is 0 Å². The number of fused-ring (bicyclic) bond motifs is 1. The third-order valence-electron chi connectivity index (χ3n) is 4.60. The van der Waals surface area contributed by atoms with Crippen LogP contribution in [-0.2, 0) is 6.54 Å². The Kier molecular flexibility index (Phi) is 5.40. The van der Waals surface area contributed by atoms with E-state index in [9.17, 15) is 22.8 Å².